The maximum atomic E-state index is 12.4. The summed E-state index contributed by atoms with van der Waals surface area (Å²) in [6.07, 6.45) is 1.83. The number of carbonyl (C=O) groups is 3. The second kappa shape index (κ2) is 9.57. The number of carboxylic acids is 1. The van der Waals surface area contributed by atoms with Gasteiger partial charge in [-0.2, -0.15) is 0 Å². The van der Waals surface area contributed by atoms with Gasteiger partial charge in [-0.15, -0.1) is 24.2 Å². The van der Waals surface area contributed by atoms with Crippen LogP contribution < -0.4 is 10.6 Å². The molecule has 2 heterocycles. The van der Waals surface area contributed by atoms with Crippen molar-refractivity contribution in [3.05, 3.63) is 53.9 Å². The maximum absolute atomic E-state index is 12.4. The predicted molar refractivity (Wildman–Crippen MR) is 109 cm³/mol. The lowest BCUT2D eigenvalue weighted by atomic mass is 10.0. The number of halogens is 1. The van der Waals surface area contributed by atoms with Crippen LogP contribution in [-0.2, 0) is 16.0 Å². The predicted octanol–water partition coefficient (Wildman–Crippen LogP) is 2.61. The van der Waals surface area contributed by atoms with Crippen molar-refractivity contribution in [3.63, 3.8) is 0 Å². The fourth-order valence-electron chi connectivity index (χ4n) is 2.69. The molecule has 3 rings (SSSR count). The molecule has 2 unspecified atom stereocenters. The van der Waals surface area contributed by atoms with Crippen LogP contribution in [0.25, 0.3) is 0 Å². The summed E-state index contributed by atoms with van der Waals surface area (Å²) in [4.78, 5) is 40.7. The molecule has 2 aromatic rings. The Kier molecular flexibility index (Phi) is 7.42. The molecule has 0 aliphatic carbocycles. The molecule has 3 N–H and O–H groups in total. The second-order valence-corrected chi connectivity index (χ2v) is 7.61. The van der Waals surface area contributed by atoms with E-state index in [2.05, 4.69) is 15.6 Å². The first-order chi connectivity index (χ1) is 12.9. The summed E-state index contributed by atoms with van der Waals surface area (Å²) in [6.45, 7) is 1.80. The minimum absolute atomic E-state index is 0. The fraction of sp³-hybridized carbons (Fsp3) is 0.263. The van der Waals surface area contributed by atoms with E-state index in [9.17, 15) is 19.5 Å². The van der Waals surface area contributed by atoms with Crippen LogP contribution in [0.15, 0.2) is 47.5 Å². The number of rotatable bonds is 6. The molecule has 0 bridgehead atoms. The number of hydrogen-bond acceptors (Lipinski definition) is 5. The fourth-order valence-corrected chi connectivity index (χ4v) is 3.62. The summed E-state index contributed by atoms with van der Waals surface area (Å²) in [6, 6.07) is 10.4. The van der Waals surface area contributed by atoms with Crippen molar-refractivity contribution < 1.29 is 19.5 Å². The third-order valence-corrected chi connectivity index (χ3v) is 5.39. The van der Waals surface area contributed by atoms with E-state index < -0.39 is 11.9 Å². The zero-order valence-corrected chi connectivity index (χ0v) is 16.7. The molecular weight excluding hydrogens is 402 g/mol. The highest BCUT2D eigenvalue weighted by Crippen LogP contribution is 2.35. The molecule has 7 nitrogen and oxygen atoms in total. The van der Waals surface area contributed by atoms with Gasteiger partial charge in [-0.05, 0) is 37.3 Å². The first kappa shape index (κ1) is 21.7. The van der Waals surface area contributed by atoms with Gasteiger partial charge in [-0.3, -0.25) is 19.4 Å². The third-order valence-electron chi connectivity index (χ3n) is 4.21. The van der Waals surface area contributed by atoms with Gasteiger partial charge in [0.1, 0.15) is 0 Å². The molecule has 2 amide bonds. The molecule has 9 heteroatoms. The van der Waals surface area contributed by atoms with E-state index in [1.54, 1.807) is 42.6 Å². The van der Waals surface area contributed by atoms with E-state index in [1.165, 1.54) is 11.8 Å². The van der Waals surface area contributed by atoms with Crippen LogP contribution in [-0.4, -0.2) is 39.7 Å². The zero-order chi connectivity index (χ0) is 19.4. The Morgan fingerprint density at radius 1 is 1.32 bits per heavy atom. The second-order valence-electron chi connectivity index (χ2n) is 6.23. The number of nitrogens with zero attached hydrogens (tertiary/aromatic N) is 1. The van der Waals surface area contributed by atoms with Crippen LogP contribution in [0.2, 0.25) is 0 Å². The van der Waals surface area contributed by atoms with E-state index >= 15 is 0 Å². The maximum Gasteiger partial charge on any atom is 0.308 e. The summed E-state index contributed by atoms with van der Waals surface area (Å²) in [5.41, 5.74) is 1.62. The highest BCUT2D eigenvalue weighted by molar-refractivity contribution is 8.00. The van der Waals surface area contributed by atoms with Crippen molar-refractivity contribution in [2.24, 2.45) is 5.92 Å². The third kappa shape index (κ3) is 5.24. The standard InChI is InChI=1S/C19H19N3O4S.ClH/c1-11-17(23)22-15-9-12(5-6-16(15)27-11)18(24)21-10-13(19(25)26)8-14-4-2-3-7-20-14;/h2-7,9,11,13H,8,10H2,1H3,(H,21,24)(H,22,23)(H,25,26);1H. The van der Waals surface area contributed by atoms with E-state index in [-0.39, 0.29) is 42.4 Å². The Hall–Kier alpha value is -2.58. The lowest BCUT2D eigenvalue weighted by molar-refractivity contribution is -0.141. The molecule has 0 spiro atoms. The summed E-state index contributed by atoms with van der Waals surface area (Å²) >= 11 is 1.44. The quantitative estimate of drug-likeness (QED) is 0.661. The molecule has 2 atom stereocenters. The Labute approximate surface area is 172 Å². The van der Waals surface area contributed by atoms with Crippen molar-refractivity contribution in [1.29, 1.82) is 0 Å². The van der Waals surface area contributed by atoms with Crippen LogP contribution in [0.1, 0.15) is 23.0 Å². The van der Waals surface area contributed by atoms with Crippen molar-refractivity contribution in [2.45, 2.75) is 23.5 Å². The van der Waals surface area contributed by atoms with Gasteiger partial charge in [0, 0.05) is 35.3 Å². The monoisotopic (exact) mass is 421 g/mol. The van der Waals surface area contributed by atoms with Gasteiger partial charge >= 0.3 is 5.97 Å². The van der Waals surface area contributed by atoms with Crippen molar-refractivity contribution in [2.75, 3.05) is 11.9 Å². The molecule has 0 radical (unpaired) electrons. The average Bonchev–Trinajstić information content (AvgIpc) is 2.66. The van der Waals surface area contributed by atoms with Gasteiger partial charge in [-0.25, -0.2) is 0 Å². The highest BCUT2D eigenvalue weighted by Gasteiger charge is 2.24. The van der Waals surface area contributed by atoms with E-state index in [0.29, 0.717) is 16.9 Å². The number of nitrogens with one attached hydrogen (secondary N) is 2. The zero-order valence-electron chi connectivity index (χ0n) is 15.0. The topological polar surface area (TPSA) is 108 Å². The van der Waals surface area contributed by atoms with Crippen LogP contribution in [0, 0.1) is 5.92 Å². The Morgan fingerprint density at radius 3 is 2.79 bits per heavy atom. The number of aromatic nitrogens is 1. The Bertz CT molecular complexity index is 879. The van der Waals surface area contributed by atoms with E-state index in [1.807, 2.05) is 6.92 Å². The SMILES string of the molecule is CC1Sc2ccc(C(=O)NCC(Cc3ccccn3)C(=O)O)cc2NC1=O.Cl. The number of anilines is 1. The molecular formula is C19H20ClN3O4S. The first-order valence-corrected chi connectivity index (χ1v) is 9.34. The number of pyridine rings is 1. The number of benzene rings is 1. The number of amides is 2. The van der Waals surface area contributed by atoms with Crippen LogP contribution >= 0.6 is 24.2 Å². The van der Waals surface area contributed by atoms with Crippen molar-refractivity contribution in [1.82, 2.24) is 10.3 Å². The minimum atomic E-state index is -0.996. The smallest absolute Gasteiger partial charge is 0.308 e. The highest BCUT2D eigenvalue weighted by atomic mass is 35.5. The van der Waals surface area contributed by atoms with Gasteiger partial charge in [0.25, 0.3) is 5.91 Å². The number of carboxylic acid groups (broad SMARTS) is 1. The summed E-state index contributed by atoms with van der Waals surface area (Å²) in [5, 5.41) is 14.7. The van der Waals surface area contributed by atoms with Crippen LogP contribution in [0.3, 0.4) is 0 Å². The summed E-state index contributed by atoms with van der Waals surface area (Å²) < 4.78 is 0. The van der Waals surface area contributed by atoms with E-state index in [4.69, 9.17) is 0 Å². The largest absolute Gasteiger partial charge is 0.481 e. The number of aliphatic carboxylic acids is 1. The number of thioether (sulfide) groups is 1. The molecule has 0 saturated carbocycles. The molecule has 28 heavy (non-hydrogen) atoms. The number of hydrogen-bond donors (Lipinski definition) is 3. The average molecular weight is 422 g/mol. The van der Waals surface area contributed by atoms with E-state index in [0.717, 1.165) is 4.90 Å². The molecule has 148 valence electrons. The Morgan fingerprint density at radius 2 is 2.11 bits per heavy atom. The summed E-state index contributed by atoms with van der Waals surface area (Å²) in [5.74, 6) is -2.27. The molecule has 1 aromatic carbocycles. The number of fused-ring (bicyclic) bond motifs is 1. The molecule has 0 fully saturated rings. The molecule has 0 saturated heterocycles. The van der Waals surface area contributed by atoms with Crippen LogP contribution in [0.4, 0.5) is 5.69 Å². The van der Waals surface area contributed by atoms with Gasteiger partial charge < -0.3 is 15.7 Å². The van der Waals surface area contributed by atoms with Gasteiger partial charge in [0.05, 0.1) is 16.9 Å². The van der Waals surface area contributed by atoms with Gasteiger partial charge in [0.15, 0.2) is 0 Å². The molecule has 1 aromatic heterocycles. The Balaban J connectivity index is 0.00000280. The van der Waals surface area contributed by atoms with Gasteiger partial charge in [-0.1, -0.05) is 6.07 Å². The van der Waals surface area contributed by atoms with Crippen LogP contribution in [0.5, 0.6) is 0 Å². The molecule has 1 aliphatic rings. The molecule has 1 aliphatic heterocycles. The van der Waals surface area contributed by atoms with Crippen molar-refractivity contribution >= 4 is 47.6 Å². The summed E-state index contributed by atoms with van der Waals surface area (Å²) in [7, 11) is 0. The normalized spacial score (nSPS) is 16.2. The number of carbonyl (C=O) groups excluding carboxylic acids is 2. The lowest BCUT2D eigenvalue weighted by Crippen LogP contribution is -2.34. The lowest BCUT2D eigenvalue weighted by Gasteiger charge is -2.21. The minimum Gasteiger partial charge on any atom is -0.481 e. The van der Waals surface area contributed by atoms with Gasteiger partial charge in [0.2, 0.25) is 5.91 Å². The first-order valence-electron chi connectivity index (χ1n) is 8.46. The van der Waals surface area contributed by atoms with Crippen molar-refractivity contribution in [3.8, 4) is 0 Å².